The zero-order valence-electron chi connectivity index (χ0n) is 18.0. The number of hydrogen-bond donors (Lipinski definition) is 0. The van der Waals surface area contributed by atoms with Crippen molar-refractivity contribution in [2.45, 2.75) is 24.4 Å². The van der Waals surface area contributed by atoms with Crippen molar-refractivity contribution in [3.63, 3.8) is 0 Å². The van der Waals surface area contributed by atoms with E-state index in [0.29, 0.717) is 31.4 Å². The van der Waals surface area contributed by atoms with E-state index in [1.807, 2.05) is 43.4 Å². The van der Waals surface area contributed by atoms with Gasteiger partial charge >= 0.3 is 6.09 Å². The molecule has 4 rings (SSSR count). The predicted molar refractivity (Wildman–Crippen MR) is 120 cm³/mol. The van der Waals surface area contributed by atoms with Gasteiger partial charge in [-0.1, -0.05) is 23.9 Å². The predicted octanol–water partition coefficient (Wildman–Crippen LogP) is 3.23. The fourth-order valence-electron chi connectivity index (χ4n) is 3.43. The lowest BCUT2D eigenvalue weighted by Gasteiger charge is -2.30. The average Bonchev–Trinajstić information content (AvgIpc) is 3.24. The summed E-state index contributed by atoms with van der Waals surface area (Å²) >= 11 is 1.66. The summed E-state index contributed by atoms with van der Waals surface area (Å²) in [6.45, 7) is 1.96. The molecule has 9 nitrogen and oxygen atoms in total. The van der Waals surface area contributed by atoms with Gasteiger partial charge in [-0.3, -0.25) is 4.98 Å². The van der Waals surface area contributed by atoms with Crippen LogP contribution in [0.1, 0.15) is 18.4 Å². The van der Waals surface area contributed by atoms with Gasteiger partial charge < -0.3 is 14.4 Å². The van der Waals surface area contributed by atoms with Crippen molar-refractivity contribution in [1.82, 2.24) is 30.1 Å². The van der Waals surface area contributed by atoms with Crippen molar-refractivity contribution in [3.05, 3.63) is 54.4 Å². The maximum atomic E-state index is 12.5. The van der Waals surface area contributed by atoms with Crippen LogP contribution in [-0.2, 0) is 13.5 Å². The molecule has 10 heteroatoms. The van der Waals surface area contributed by atoms with E-state index in [0.717, 1.165) is 41.5 Å². The Morgan fingerprint density at radius 2 is 1.97 bits per heavy atom. The number of carbonyl (C=O) groups excluding carboxylic acids is 1. The Labute approximate surface area is 191 Å². The van der Waals surface area contributed by atoms with E-state index in [2.05, 4.69) is 20.5 Å². The number of tetrazole rings is 1. The first-order valence-corrected chi connectivity index (χ1v) is 11.6. The Balaban J connectivity index is 1.17. The fraction of sp³-hybridized carbons (Fsp3) is 0.409. The average molecular weight is 455 g/mol. The number of pyridine rings is 1. The van der Waals surface area contributed by atoms with E-state index >= 15 is 0 Å². The molecule has 2 aromatic heterocycles. The van der Waals surface area contributed by atoms with E-state index in [9.17, 15) is 4.79 Å². The summed E-state index contributed by atoms with van der Waals surface area (Å²) in [7, 11) is 1.84. The summed E-state index contributed by atoms with van der Waals surface area (Å²) in [5.74, 6) is 2.79. The molecule has 1 aromatic carbocycles. The van der Waals surface area contributed by atoms with Crippen molar-refractivity contribution < 1.29 is 14.3 Å². The first-order valence-electron chi connectivity index (χ1n) is 10.6. The van der Waals surface area contributed by atoms with Gasteiger partial charge in [0.2, 0.25) is 5.16 Å². The largest absolute Gasteiger partial charge is 0.492 e. The number of hydrogen-bond acceptors (Lipinski definition) is 8. The molecule has 0 atom stereocenters. The lowest BCUT2D eigenvalue weighted by atomic mass is 9.99. The van der Waals surface area contributed by atoms with Crippen molar-refractivity contribution in [2.24, 2.45) is 13.0 Å². The molecule has 3 aromatic rings. The summed E-state index contributed by atoms with van der Waals surface area (Å²) in [6, 6.07) is 11.3. The van der Waals surface area contributed by atoms with Gasteiger partial charge in [0, 0.05) is 38.5 Å². The molecule has 32 heavy (non-hydrogen) atoms. The molecule has 1 fully saturated rings. The van der Waals surface area contributed by atoms with Gasteiger partial charge in [0.1, 0.15) is 11.5 Å². The van der Waals surface area contributed by atoms with Gasteiger partial charge in [-0.25, -0.2) is 9.48 Å². The van der Waals surface area contributed by atoms with Gasteiger partial charge in [-0.2, -0.15) is 0 Å². The number of thioether (sulfide) groups is 1. The fourth-order valence-corrected chi connectivity index (χ4v) is 4.46. The summed E-state index contributed by atoms with van der Waals surface area (Å²) in [5, 5.41) is 12.3. The minimum Gasteiger partial charge on any atom is -0.492 e. The molecule has 0 aliphatic carbocycles. The van der Waals surface area contributed by atoms with Crippen LogP contribution < -0.4 is 9.47 Å². The third-order valence-corrected chi connectivity index (χ3v) is 6.57. The molecule has 168 valence electrons. The normalized spacial score (nSPS) is 14.3. The number of amides is 1. The Morgan fingerprint density at radius 1 is 1.16 bits per heavy atom. The van der Waals surface area contributed by atoms with Crippen LogP contribution in [-0.4, -0.2) is 61.6 Å². The molecule has 0 saturated carbocycles. The van der Waals surface area contributed by atoms with Crippen molar-refractivity contribution >= 4 is 17.9 Å². The molecule has 3 heterocycles. The minimum absolute atomic E-state index is 0.290. The third-order valence-electron chi connectivity index (χ3n) is 5.32. The highest BCUT2D eigenvalue weighted by atomic mass is 32.2. The van der Waals surface area contributed by atoms with Crippen LogP contribution in [0, 0.1) is 5.92 Å². The smallest absolute Gasteiger partial charge is 0.415 e. The van der Waals surface area contributed by atoms with Crippen LogP contribution in [0.3, 0.4) is 0 Å². The van der Waals surface area contributed by atoms with E-state index in [1.54, 1.807) is 33.7 Å². The SMILES string of the molecule is Cn1nnnc1SCC1CCN(C(=O)Oc2ccc(CCOc3cccnc3)cc2)CC1. The summed E-state index contributed by atoms with van der Waals surface area (Å²) in [5.41, 5.74) is 1.12. The topological polar surface area (TPSA) is 95.3 Å². The van der Waals surface area contributed by atoms with Crippen LogP contribution in [0.5, 0.6) is 11.5 Å². The molecular weight excluding hydrogens is 428 g/mol. The van der Waals surface area contributed by atoms with E-state index < -0.39 is 0 Å². The lowest BCUT2D eigenvalue weighted by Crippen LogP contribution is -2.40. The van der Waals surface area contributed by atoms with Crippen LogP contribution in [0.25, 0.3) is 0 Å². The number of benzene rings is 1. The Kier molecular flexibility index (Phi) is 7.55. The number of aryl methyl sites for hydroxylation is 1. The number of likely N-dealkylation sites (tertiary alicyclic amines) is 1. The molecule has 1 aliphatic heterocycles. The third kappa shape index (κ3) is 6.19. The van der Waals surface area contributed by atoms with Crippen LogP contribution in [0.4, 0.5) is 4.79 Å². The molecular formula is C22H26N6O3S. The first kappa shape index (κ1) is 22.1. The highest BCUT2D eigenvalue weighted by Gasteiger charge is 2.24. The molecule has 1 aliphatic rings. The van der Waals surface area contributed by atoms with Crippen molar-refractivity contribution in [1.29, 1.82) is 0 Å². The minimum atomic E-state index is -0.290. The standard InChI is InChI=1S/C22H26N6O3S/c1-27-21(24-25-26-27)32-16-18-8-12-28(13-9-18)22(29)31-19-6-4-17(5-7-19)10-14-30-20-3-2-11-23-15-20/h2-7,11,15,18H,8-10,12-14,16H2,1H3. The maximum Gasteiger partial charge on any atom is 0.415 e. The second-order valence-electron chi connectivity index (χ2n) is 7.63. The second-order valence-corrected chi connectivity index (χ2v) is 8.61. The highest BCUT2D eigenvalue weighted by molar-refractivity contribution is 7.99. The Hall–Kier alpha value is -3.14. The second kappa shape index (κ2) is 10.9. The van der Waals surface area contributed by atoms with Gasteiger partial charge in [0.05, 0.1) is 12.8 Å². The zero-order chi connectivity index (χ0) is 22.2. The number of nitrogens with zero attached hydrogens (tertiary/aromatic N) is 6. The van der Waals surface area contributed by atoms with Crippen molar-refractivity contribution in [3.8, 4) is 11.5 Å². The van der Waals surface area contributed by atoms with Crippen LogP contribution >= 0.6 is 11.8 Å². The summed E-state index contributed by atoms with van der Waals surface area (Å²) < 4.78 is 12.9. The van der Waals surface area contributed by atoms with E-state index in [-0.39, 0.29) is 6.09 Å². The van der Waals surface area contributed by atoms with E-state index in [1.165, 1.54) is 0 Å². The van der Waals surface area contributed by atoms with Crippen molar-refractivity contribution in [2.75, 3.05) is 25.4 Å². The maximum absolute atomic E-state index is 12.5. The molecule has 1 saturated heterocycles. The number of piperidine rings is 1. The van der Waals surface area contributed by atoms with Gasteiger partial charge in [-0.15, -0.1) is 5.10 Å². The molecule has 1 amide bonds. The number of ether oxygens (including phenoxy) is 2. The molecule has 0 spiro atoms. The van der Waals surface area contributed by atoms with Crippen LogP contribution in [0.15, 0.2) is 53.9 Å². The first-order chi connectivity index (χ1) is 15.7. The molecule has 0 N–H and O–H groups in total. The summed E-state index contributed by atoms with van der Waals surface area (Å²) in [4.78, 5) is 18.3. The Bertz CT molecular complexity index is 990. The number of aromatic nitrogens is 5. The molecule has 0 bridgehead atoms. The van der Waals surface area contributed by atoms with E-state index in [4.69, 9.17) is 9.47 Å². The summed E-state index contributed by atoms with van der Waals surface area (Å²) in [6.07, 6.45) is 5.78. The zero-order valence-corrected chi connectivity index (χ0v) is 18.8. The van der Waals surface area contributed by atoms with Gasteiger partial charge in [0.15, 0.2) is 0 Å². The monoisotopic (exact) mass is 454 g/mol. The highest BCUT2D eigenvalue weighted by Crippen LogP contribution is 2.25. The van der Waals surface area contributed by atoms with Gasteiger partial charge in [-0.05, 0) is 59.0 Å². The quantitative estimate of drug-likeness (QED) is 0.479. The number of rotatable bonds is 8. The molecule has 0 radical (unpaired) electrons. The Morgan fingerprint density at radius 3 is 2.66 bits per heavy atom. The van der Waals surface area contributed by atoms with Gasteiger partial charge in [0.25, 0.3) is 0 Å². The van der Waals surface area contributed by atoms with Crippen LogP contribution in [0.2, 0.25) is 0 Å². The number of carbonyl (C=O) groups is 1. The molecule has 0 unspecified atom stereocenters. The lowest BCUT2D eigenvalue weighted by molar-refractivity contribution is 0.134.